The lowest BCUT2D eigenvalue weighted by molar-refractivity contribution is 0.0526. The van der Waals surface area contributed by atoms with E-state index in [-0.39, 0.29) is 5.97 Å². The highest BCUT2D eigenvalue weighted by atomic mass is 16.5. The normalized spacial score (nSPS) is 18.5. The number of hydrogen-bond acceptors (Lipinski definition) is 2. The number of esters is 1. The van der Waals surface area contributed by atoms with E-state index >= 15 is 0 Å². The molecular weight excluding hydrogens is 248 g/mol. The molecule has 0 bridgehead atoms. The van der Waals surface area contributed by atoms with Crippen LogP contribution in [0.4, 0.5) is 0 Å². The van der Waals surface area contributed by atoms with Crippen LogP contribution in [0.1, 0.15) is 61.9 Å². The van der Waals surface area contributed by atoms with Gasteiger partial charge in [-0.2, -0.15) is 0 Å². The molecule has 0 saturated carbocycles. The topological polar surface area (TPSA) is 26.3 Å². The summed E-state index contributed by atoms with van der Waals surface area (Å²) in [5.41, 5.74) is 3.30. The molecule has 1 aliphatic carbocycles. The van der Waals surface area contributed by atoms with Crippen LogP contribution in [0, 0.1) is 5.92 Å². The quantitative estimate of drug-likeness (QED) is 0.716. The smallest absolute Gasteiger partial charge is 0.338 e. The predicted molar refractivity (Wildman–Crippen MR) is 82.6 cm³/mol. The largest absolute Gasteiger partial charge is 0.462 e. The molecule has 0 aromatic heterocycles. The monoisotopic (exact) mass is 272 g/mol. The second-order valence-electron chi connectivity index (χ2n) is 5.46. The molecule has 0 fully saturated rings. The average molecular weight is 272 g/mol. The summed E-state index contributed by atoms with van der Waals surface area (Å²) in [4.78, 5) is 11.6. The van der Waals surface area contributed by atoms with E-state index in [1.807, 2.05) is 31.2 Å². The van der Waals surface area contributed by atoms with Crippen LogP contribution in [0.5, 0.6) is 0 Å². The summed E-state index contributed by atoms with van der Waals surface area (Å²) in [7, 11) is 0. The van der Waals surface area contributed by atoms with Gasteiger partial charge in [0, 0.05) is 0 Å². The zero-order valence-corrected chi connectivity index (χ0v) is 12.5. The number of carbonyl (C=O) groups is 1. The van der Waals surface area contributed by atoms with Crippen LogP contribution in [0.25, 0.3) is 5.57 Å². The average Bonchev–Trinajstić information content (AvgIpc) is 2.49. The third-order valence-electron chi connectivity index (χ3n) is 3.98. The molecule has 1 aromatic rings. The summed E-state index contributed by atoms with van der Waals surface area (Å²) in [5.74, 6) is 0.627. The summed E-state index contributed by atoms with van der Waals surface area (Å²) >= 11 is 0. The lowest BCUT2D eigenvalue weighted by Crippen LogP contribution is -2.06. The minimum absolute atomic E-state index is 0.236. The molecule has 108 valence electrons. The summed E-state index contributed by atoms with van der Waals surface area (Å²) in [6, 6.07) is 7.81. The third-order valence-corrected chi connectivity index (χ3v) is 3.98. The van der Waals surface area contributed by atoms with Gasteiger partial charge >= 0.3 is 5.97 Å². The maximum Gasteiger partial charge on any atom is 0.338 e. The zero-order valence-electron chi connectivity index (χ0n) is 12.5. The van der Waals surface area contributed by atoms with Gasteiger partial charge in [0.1, 0.15) is 0 Å². The third kappa shape index (κ3) is 3.72. The maximum absolute atomic E-state index is 11.6. The minimum Gasteiger partial charge on any atom is -0.462 e. The Labute approximate surface area is 121 Å². The van der Waals surface area contributed by atoms with Crippen molar-refractivity contribution in [3.05, 3.63) is 41.5 Å². The lowest BCUT2D eigenvalue weighted by Gasteiger charge is -2.21. The molecule has 0 saturated heterocycles. The lowest BCUT2D eigenvalue weighted by atomic mass is 9.84. The van der Waals surface area contributed by atoms with Crippen molar-refractivity contribution in [2.75, 3.05) is 6.61 Å². The van der Waals surface area contributed by atoms with E-state index in [1.54, 1.807) is 0 Å². The molecule has 20 heavy (non-hydrogen) atoms. The maximum atomic E-state index is 11.6. The van der Waals surface area contributed by atoms with Gasteiger partial charge in [0.15, 0.2) is 0 Å². The molecule has 1 aliphatic rings. The van der Waals surface area contributed by atoms with Crippen molar-refractivity contribution in [2.45, 2.75) is 46.0 Å². The first-order valence-electron chi connectivity index (χ1n) is 7.71. The van der Waals surface area contributed by atoms with Gasteiger partial charge in [-0.3, -0.25) is 0 Å². The molecule has 2 heteroatoms. The van der Waals surface area contributed by atoms with E-state index < -0.39 is 0 Å². The van der Waals surface area contributed by atoms with E-state index in [9.17, 15) is 4.79 Å². The summed E-state index contributed by atoms with van der Waals surface area (Å²) in [6.45, 7) is 4.50. The van der Waals surface area contributed by atoms with E-state index in [0.29, 0.717) is 12.2 Å². The van der Waals surface area contributed by atoms with Crippen molar-refractivity contribution >= 4 is 11.5 Å². The number of carbonyl (C=O) groups excluding carboxylic acids is 1. The van der Waals surface area contributed by atoms with Crippen LogP contribution in [0.3, 0.4) is 0 Å². The Morgan fingerprint density at radius 2 is 2.00 bits per heavy atom. The molecular formula is C18H24O2. The van der Waals surface area contributed by atoms with Crippen molar-refractivity contribution in [1.29, 1.82) is 0 Å². The summed E-state index contributed by atoms with van der Waals surface area (Å²) < 4.78 is 5.00. The van der Waals surface area contributed by atoms with Crippen LogP contribution in [0.15, 0.2) is 30.3 Å². The van der Waals surface area contributed by atoms with Crippen molar-refractivity contribution in [2.24, 2.45) is 5.92 Å². The number of allylic oxidation sites excluding steroid dienone is 2. The molecule has 2 nitrogen and oxygen atoms in total. The Hall–Kier alpha value is -1.57. The van der Waals surface area contributed by atoms with Gasteiger partial charge in [-0.1, -0.05) is 38.0 Å². The molecule has 1 aromatic carbocycles. The fourth-order valence-electron chi connectivity index (χ4n) is 2.86. The van der Waals surface area contributed by atoms with Crippen molar-refractivity contribution in [1.82, 2.24) is 0 Å². The fourth-order valence-corrected chi connectivity index (χ4v) is 2.86. The number of benzene rings is 1. The first kappa shape index (κ1) is 14.8. The molecule has 1 atom stereocenters. The molecule has 1 unspecified atom stereocenters. The van der Waals surface area contributed by atoms with Crippen molar-refractivity contribution in [3.8, 4) is 0 Å². The van der Waals surface area contributed by atoms with Crippen molar-refractivity contribution in [3.63, 3.8) is 0 Å². The Morgan fingerprint density at radius 3 is 2.55 bits per heavy atom. The molecule has 0 radical (unpaired) electrons. The van der Waals surface area contributed by atoms with Crippen LogP contribution in [0.2, 0.25) is 0 Å². The Kier molecular flexibility index (Phi) is 5.40. The molecule has 0 N–H and O–H groups in total. The highest BCUT2D eigenvalue weighted by Crippen LogP contribution is 2.32. The Morgan fingerprint density at radius 1 is 1.25 bits per heavy atom. The van der Waals surface area contributed by atoms with Gasteiger partial charge in [-0.25, -0.2) is 4.79 Å². The zero-order chi connectivity index (χ0) is 14.4. The fraction of sp³-hybridized carbons (Fsp3) is 0.500. The standard InChI is InChI=1S/C18H24O2/c1-3-5-14-6-8-15(9-7-14)16-10-12-17(13-11-16)18(19)20-4-2/h8,10-14H,3-7,9H2,1-2H3. The number of hydrogen-bond donors (Lipinski definition) is 0. The molecule has 0 spiro atoms. The van der Waals surface area contributed by atoms with Crippen LogP contribution < -0.4 is 0 Å². The molecule has 0 aliphatic heterocycles. The van der Waals surface area contributed by atoms with Gasteiger partial charge < -0.3 is 4.74 Å². The van der Waals surface area contributed by atoms with E-state index in [1.165, 1.54) is 36.8 Å². The van der Waals surface area contributed by atoms with Crippen LogP contribution in [-0.4, -0.2) is 12.6 Å². The number of ether oxygens (including phenoxy) is 1. The van der Waals surface area contributed by atoms with Crippen LogP contribution >= 0.6 is 0 Å². The summed E-state index contributed by atoms with van der Waals surface area (Å²) in [6.07, 6.45) is 8.64. The van der Waals surface area contributed by atoms with Gasteiger partial charge in [-0.15, -0.1) is 0 Å². The SMILES string of the molecule is CCCC1CC=C(c2ccc(C(=O)OCC)cc2)CC1. The van der Waals surface area contributed by atoms with Crippen molar-refractivity contribution < 1.29 is 9.53 Å². The molecule has 0 heterocycles. The molecule has 2 rings (SSSR count). The van der Waals surface area contributed by atoms with Gasteiger partial charge in [0.2, 0.25) is 0 Å². The Bertz CT molecular complexity index is 471. The van der Waals surface area contributed by atoms with E-state index in [0.717, 1.165) is 12.3 Å². The second kappa shape index (κ2) is 7.28. The predicted octanol–water partition coefficient (Wildman–Crippen LogP) is 4.85. The van der Waals surface area contributed by atoms with E-state index in [2.05, 4.69) is 13.0 Å². The number of rotatable bonds is 5. The van der Waals surface area contributed by atoms with Gasteiger partial charge in [0.25, 0.3) is 0 Å². The first-order valence-corrected chi connectivity index (χ1v) is 7.71. The minimum atomic E-state index is -0.236. The highest BCUT2D eigenvalue weighted by Gasteiger charge is 2.15. The van der Waals surface area contributed by atoms with E-state index in [4.69, 9.17) is 4.74 Å². The highest BCUT2D eigenvalue weighted by molar-refractivity contribution is 5.89. The van der Waals surface area contributed by atoms with Gasteiger partial charge in [0.05, 0.1) is 12.2 Å². The first-order chi connectivity index (χ1) is 9.74. The van der Waals surface area contributed by atoms with Crippen LogP contribution in [-0.2, 0) is 4.74 Å². The summed E-state index contributed by atoms with van der Waals surface area (Å²) in [5, 5.41) is 0. The second-order valence-corrected chi connectivity index (χ2v) is 5.46. The molecule has 0 amide bonds. The Balaban J connectivity index is 2.02. The van der Waals surface area contributed by atoms with Gasteiger partial charge in [-0.05, 0) is 55.4 Å².